The summed E-state index contributed by atoms with van der Waals surface area (Å²) >= 11 is 6.16. The van der Waals surface area contributed by atoms with Gasteiger partial charge in [0, 0.05) is 29.9 Å². The van der Waals surface area contributed by atoms with E-state index in [9.17, 15) is 19.3 Å². The van der Waals surface area contributed by atoms with Crippen LogP contribution in [0.25, 0.3) is 0 Å². The number of rotatable bonds is 2. The average molecular weight is 517 g/mol. The predicted octanol–water partition coefficient (Wildman–Crippen LogP) is 5.23. The Hall–Kier alpha value is -3.56. The van der Waals surface area contributed by atoms with Gasteiger partial charge in [-0.15, -0.1) is 0 Å². The number of fused-ring (bicyclic) bond motifs is 2. The van der Waals surface area contributed by atoms with Gasteiger partial charge in [-0.05, 0) is 61.4 Å². The highest BCUT2D eigenvalue weighted by molar-refractivity contribution is 7.80. The number of piperidine rings is 2. The molecule has 4 aliphatic rings. The van der Waals surface area contributed by atoms with Gasteiger partial charge in [-0.2, -0.15) is 10.5 Å². The van der Waals surface area contributed by atoms with Crippen LogP contribution < -0.4 is 9.80 Å². The summed E-state index contributed by atoms with van der Waals surface area (Å²) in [7, 11) is 0. The van der Waals surface area contributed by atoms with Crippen molar-refractivity contribution in [2.45, 2.75) is 32.1 Å². The van der Waals surface area contributed by atoms with Gasteiger partial charge in [0.25, 0.3) is 0 Å². The van der Waals surface area contributed by atoms with Gasteiger partial charge in [0.05, 0.1) is 18.8 Å². The minimum atomic E-state index is -1.10. The SMILES string of the molecule is N#CC12CN(c3ccc(F)cc3)CC(C#N)(C3=NCN(c4ccc(F)cc4)CN3C1=S)C21CCCCC1. The lowest BCUT2D eigenvalue weighted by molar-refractivity contribution is -0.0223. The molecule has 188 valence electrons. The number of hydrogen-bond acceptors (Lipinski definition) is 6. The zero-order chi connectivity index (χ0) is 25.8. The minimum Gasteiger partial charge on any atom is -0.367 e. The largest absolute Gasteiger partial charge is 0.367 e. The van der Waals surface area contributed by atoms with Crippen LogP contribution in [0.3, 0.4) is 0 Å². The number of nitrogens with zero attached hydrogens (tertiary/aromatic N) is 6. The van der Waals surface area contributed by atoms with E-state index in [1.54, 1.807) is 24.3 Å². The molecule has 2 aromatic carbocycles. The third kappa shape index (κ3) is 3.17. The Morgan fingerprint density at radius 2 is 1.32 bits per heavy atom. The Kier molecular flexibility index (Phi) is 5.47. The van der Waals surface area contributed by atoms with Gasteiger partial charge in [-0.3, -0.25) is 0 Å². The quantitative estimate of drug-likeness (QED) is 0.509. The fourth-order valence-corrected chi connectivity index (χ4v) is 7.62. The summed E-state index contributed by atoms with van der Waals surface area (Å²) in [6.45, 7) is 1.32. The Morgan fingerprint density at radius 1 is 0.784 bits per heavy atom. The smallest absolute Gasteiger partial charge is 0.140 e. The molecule has 9 heteroatoms. The molecule has 1 aliphatic carbocycles. The fraction of sp³-hybridized carbons (Fsp3) is 0.429. The number of nitriles is 2. The number of aliphatic imine (C=N–C) groups is 1. The van der Waals surface area contributed by atoms with Gasteiger partial charge in [0.15, 0.2) is 0 Å². The lowest BCUT2D eigenvalue weighted by Gasteiger charge is -2.68. The molecule has 2 unspecified atom stereocenters. The van der Waals surface area contributed by atoms with Crippen LogP contribution in [-0.4, -0.2) is 42.2 Å². The van der Waals surface area contributed by atoms with Crippen molar-refractivity contribution in [2.24, 2.45) is 21.2 Å². The maximum Gasteiger partial charge on any atom is 0.140 e. The van der Waals surface area contributed by atoms with Crippen molar-refractivity contribution in [2.75, 3.05) is 36.2 Å². The first-order valence-electron chi connectivity index (χ1n) is 12.6. The van der Waals surface area contributed by atoms with E-state index in [1.807, 2.05) is 14.7 Å². The van der Waals surface area contributed by atoms with Crippen molar-refractivity contribution in [3.8, 4) is 12.1 Å². The molecule has 6 nitrogen and oxygen atoms in total. The number of thiocarbonyl (C=S) groups is 1. The Balaban J connectivity index is 1.52. The lowest BCUT2D eigenvalue weighted by atomic mass is 9.42. The first-order valence-corrected chi connectivity index (χ1v) is 13.0. The Bertz CT molecular complexity index is 1360. The molecule has 0 aromatic heterocycles. The van der Waals surface area contributed by atoms with E-state index < -0.39 is 16.2 Å². The topological polar surface area (TPSA) is 69.7 Å². The Morgan fingerprint density at radius 3 is 1.89 bits per heavy atom. The fourth-order valence-electron chi connectivity index (χ4n) is 7.17. The summed E-state index contributed by atoms with van der Waals surface area (Å²) in [5.74, 6) is -0.0353. The van der Waals surface area contributed by atoms with Gasteiger partial charge >= 0.3 is 0 Å². The van der Waals surface area contributed by atoms with E-state index in [4.69, 9.17) is 17.2 Å². The average Bonchev–Trinajstić information content (AvgIpc) is 2.93. The molecular weight excluding hydrogens is 490 g/mol. The van der Waals surface area contributed by atoms with E-state index in [0.717, 1.165) is 43.5 Å². The number of halogens is 2. The normalized spacial score (nSPS) is 28.3. The van der Waals surface area contributed by atoms with Crippen molar-refractivity contribution in [1.82, 2.24) is 4.90 Å². The van der Waals surface area contributed by atoms with E-state index in [1.165, 1.54) is 24.3 Å². The summed E-state index contributed by atoms with van der Waals surface area (Å²) in [6.07, 6.45) is 4.40. The standard InChI is InChI=1S/C28H26F2N6S/c29-20-4-8-22(9-5-20)34-16-26(14-31)24-33-18-35(23-10-6-21(30)7-11-23)19-36(24)25(37)27(15-32,17-34)28(26)12-2-1-3-13-28/h4-11H,1-3,12-13,16-19H2. The van der Waals surface area contributed by atoms with E-state index >= 15 is 0 Å². The first-order chi connectivity index (χ1) is 17.9. The number of anilines is 2. The molecule has 2 aromatic rings. The highest BCUT2D eigenvalue weighted by atomic mass is 32.1. The maximum atomic E-state index is 13.7. The molecule has 2 saturated heterocycles. The van der Waals surface area contributed by atoms with E-state index in [-0.39, 0.29) is 11.6 Å². The second kappa shape index (κ2) is 8.49. The molecule has 2 atom stereocenters. The second-order valence-corrected chi connectivity index (χ2v) is 10.9. The molecule has 37 heavy (non-hydrogen) atoms. The second-order valence-electron chi connectivity index (χ2n) is 10.5. The van der Waals surface area contributed by atoms with Gasteiger partial charge in [-0.25, -0.2) is 13.8 Å². The summed E-state index contributed by atoms with van der Waals surface area (Å²) in [5, 5.41) is 22.0. The van der Waals surface area contributed by atoms with Crippen LogP contribution in [0.4, 0.5) is 20.2 Å². The third-order valence-corrected chi connectivity index (χ3v) is 9.48. The van der Waals surface area contributed by atoms with Crippen LogP contribution in [0.2, 0.25) is 0 Å². The van der Waals surface area contributed by atoms with Crippen molar-refractivity contribution in [1.29, 1.82) is 10.5 Å². The number of amidine groups is 1. The van der Waals surface area contributed by atoms with Crippen LogP contribution in [0.5, 0.6) is 0 Å². The van der Waals surface area contributed by atoms with Crippen molar-refractivity contribution < 1.29 is 8.78 Å². The highest BCUT2D eigenvalue weighted by Gasteiger charge is 2.75. The molecule has 0 radical (unpaired) electrons. The predicted molar refractivity (Wildman–Crippen MR) is 141 cm³/mol. The Labute approximate surface area is 220 Å². The van der Waals surface area contributed by atoms with Crippen LogP contribution in [0.15, 0.2) is 53.5 Å². The summed E-state index contributed by atoms with van der Waals surface area (Å²) < 4.78 is 27.3. The van der Waals surface area contributed by atoms with Gasteiger partial charge in [0.1, 0.15) is 40.0 Å². The van der Waals surface area contributed by atoms with Crippen LogP contribution in [-0.2, 0) is 0 Å². The van der Waals surface area contributed by atoms with Gasteiger partial charge in [0.2, 0.25) is 0 Å². The van der Waals surface area contributed by atoms with Crippen molar-refractivity contribution >= 4 is 34.4 Å². The molecule has 3 heterocycles. The molecule has 1 spiro atoms. The maximum absolute atomic E-state index is 13.7. The molecule has 0 N–H and O–H groups in total. The molecular formula is C28H26F2N6S. The van der Waals surface area contributed by atoms with Crippen LogP contribution in [0.1, 0.15) is 32.1 Å². The molecule has 2 bridgehead atoms. The summed E-state index contributed by atoms with van der Waals surface area (Å²) in [5.41, 5.74) is -1.27. The number of benzene rings is 2. The van der Waals surface area contributed by atoms with E-state index in [0.29, 0.717) is 37.3 Å². The van der Waals surface area contributed by atoms with Gasteiger partial charge in [-0.1, -0.05) is 31.5 Å². The van der Waals surface area contributed by atoms with Gasteiger partial charge < -0.3 is 14.7 Å². The molecule has 3 aliphatic heterocycles. The molecule has 3 fully saturated rings. The van der Waals surface area contributed by atoms with Crippen LogP contribution in [0, 0.1) is 50.5 Å². The highest BCUT2D eigenvalue weighted by Crippen LogP contribution is 2.67. The molecule has 1 saturated carbocycles. The molecule has 0 amide bonds. The van der Waals surface area contributed by atoms with Crippen LogP contribution >= 0.6 is 12.2 Å². The zero-order valence-corrected chi connectivity index (χ0v) is 21.1. The van der Waals surface area contributed by atoms with Crippen molar-refractivity contribution in [3.05, 3.63) is 60.2 Å². The minimum absolute atomic E-state index is 0.301. The summed E-state index contributed by atoms with van der Waals surface area (Å²) in [4.78, 5) is 11.3. The zero-order valence-electron chi connectivity index (χ0n) is 20.3. The monoisotopic (exact) mass is 516 g/mol. The lowest BCUT2D eigenvalue weighted by Crippen LogP contribution is -2.79. The third-order valence-electron chi connectivity index (χ3n) is 8.91. The first kappa shape index (κ1) is 23.8. The van der Waals surface area contributed by atoms with E-state index in [2.05, 4.69) is 12.1 Å². The van der Waals surface area contributed by atoms with Crippen molar-refractivity contribution in [3.63, 3.8) is 0 Å². The summed E-state index contributed by atoms with van der Waals surface area (Å²) in [6, 6.07) is 17.7. The molecule has 6 rings (SSSR count). The number of hydrogen-bond donors (Lipinski definition) is 0.